The summed E-state index contributed by atoms with van der Waals surface area (Å²) in [5.74, 6) is 0.258. The molecule has 2 amide bonds. The molecule has 3 heterocycles. The number of aliphatic hydroxyl groups excluding tert-OH is 1. The molecule has 8 nitrogen and oxygen atoms in total. The lowest BCUT2D eigenvalue weighted by atomic mass is 9.90. The van der Waals surface area contributed by atoms with Crippen molar-refractivity contribution in [1.29, 1.82) is 0 Å². The second-order valence-electron chi connectivity index (χ2n) is 8.59. The summed E-state index contributed by atoms with van der Waals surface area (Å²) in [5, 5.41) is 12.6. The van der Waals surface area contributed by atoms with Crippen LogP contribution in [0.4, 0.5) is 0 Å². The van der Waals surface area contributed by atoms with Gasteiger partial charge < -0.3 is 20.1 Å². The molecule has 0 spiro atoms. The zero-order valence-corrected chi connectivity index (χ0v) is 18.5. The highest BCUT2D eigenvalue weighted by Gasteiger charge is 2.31. The zero-order valence-electron chi connectivity index (χ0n) is 18.5. The molecule has 3 atom stereocenters. The lowest BCUT2D eigenvalue weighted by molar-refractivity contribution is -0.136. The van der Waals surface area contributed by atoms with Crippen LogP contribution in [-0.4, -0.2) is 69.7 Å². The van der Waals surface area contributed by atoms with Crippen LogP contribution < -0.4 is 5.32 Å². The fourth-order valence-electron chi connectivity index (χ4n) is 4.41. The number of likely N-dealkylation sites (tertiary alicyclic amines) is 1. The molecule has 0 bridgehead atoms. The van der Waals surface area contributed by atoms with E-state index in [4.69, 9.17) is 4.74 Å². The molecule has 2 aromatic rings. The van der Waals surface area contributed by atoms with Gasteiger partial charge in [-0.15, -0.1) is 0 Å². The van der Waals surface area contributed by atoms with Gasteiger partial charge in [0, 0.05) is 25.5 Å². The Hall–Kier alpha value is -3.10. The Kier molecular flexibility index (Phi) is 7.80. The molecule has 0 aliphatic carbocycles. The molecular formula is C25H30N4O4. The summed E-state index contributed by atoms with van der Waals surface area (Å²) in [7, 11) is 0. The predicted molar refractivity (Wildman–Crippen MR) is 122 cm³/mol. The number of ether oxygens (including phenoxy) is 1. The summed E-state index contributed by atoms with van der Waals surface area (Å²) >= 11 is 0. The van der Waals surface area contributed by atoms with Gasteiger partial charge in [0.2, 0.25) is 5.91 Å². The molecule has 1 saturated heterocycles. The van der Waals surface area contributed by atoms with Crippen LogP contribution in [0.5, 0.6) is 0 Å². The van der Waals surface area contributed by atoms with Crippen LogP contribution >= 0.6 is 0 Å². The van der Waals surface area contributed by atoms with E-state index >= 15 is 0 Å². The van der Waals surface area contributed by atoms with Crippen LogP contribution in [0.2, 0.25) is 0 Å². The second-order valence-corrected chi connectivity index (χ2v) is 8.59. The largest absolute Gasteiger partial charge is 0.394 e. The van der Waals surface area contributed by atoms with Crippen molar-refractivity contribution in [3.05, 3.63) is 72.3 Å². The quantitative estimate of drug-likeness (QED) is 0.623. The summed E-state index contributed by atoms with van der Waals surface area (Å²) < 4.78 is 5.91. The van der Waals surface area contributed by atoms with Gasteiger partial charge in [0.25, 0.3) is 5.91 Å². The summed E-state index contributed by atoms with van der Waals surface area (Å²) in [4.78, 5) is 34.9. The zero-order chi connectivity index (χ0) is 23.0. The van der Waals surface area contributed by atoms with E-state index < -0.39 is 24.2 Å². The Labute approximate surface area is 193 Å². The Balaban J connectivity index is 1.26. The van der Waals surface area contributed by atoms with Crippen molar-refractivity contribution >= 4 is 11.8 Å². The number of piperidine rings is 1. The van der Waals surface area contributed by atoms with E-state index in [2.05, 4.69) is 39.6 Å². The third kappa shape index (κ3) is 6.24. The van der Waals surface area contributed by atoms with Crippen molar-refractivity contribution in [2.45, 2.75) is 43.9 Å². The van der Waals surface area contributed by atoms with Crippen molar-refractivity contribution in [2.75, 3.05) is 19.7 Å². The lowest BCUT2D eigenvalue weighted by Gasteiger charge is -2.35. The topological polar surface area (TPSA) is 105 Å². The summed E-state index contributed by atoms with van der Waals surface area (Å²) in [6.45, 7) is 1.24. The first-order valence-electron chi connectivity index (χ1n) is 11.5. The van der Waals surface area contributed by atoms with Crippen molar-refractivity contribution in [1.82, 2.24) is 20.2 Å². The Morgan fingerprint density at radius 2 is 1.91 bits per heavy atom. The van der Waals surface area contributed by atoms with E-state index in [0.29, 0.717) is 5.92 Å². The number of amides is 2. The van der Waals surface area contributed by atoms with E-state index in [1.807, 2.05) is 11.0 Å². The number of hydrogen-bond acceptors (Lipinski definition) is 6. The molecule has 0 unspecified atom stereocenters. The van der Waals surface area contributed by atoms with Crippen molar-refractivity contribution < 1.29 is 19.4 Å². The fraction of sp³-hybridized carbons (Fsp3) is 0.440. The van der Waals surface area contributed by atoms with Crippen LogP contribution in [0.15, 0.2) is 61.1 Å². The maximum absolute atomic E-state index is 12.8. The fourth-order valence-corrected chi connectivity index (χ4v) is 4.41. The van der Waals surface area contributed by atoms with Crippen LogP contribution in [-0.2, 0) is 16.0 Å². The highest BCUT2D eigenvalue weighted by atomic mass is 16.5. The highest BCUT2D eigenvalue weighted by Crippen LogP contribution is 2.23. The van der Waals surface area contributed by atoms with Gasteiger partial charge in [0.05, 0.1) is 31.4 Å². The summed E-state index contributed by atoms with van der Waals surface area (Å²) in [6, 6.07) is 9.97. The molecule has 0 radical (unpaired) electrons. The summed E-state index contributed by atoms with van der Waals surface area (Å²) in [6.07, 6.45) is 10.1. The number of nitrogens with zero attached hydrogens (tertiary/aromatic N) is 3. The van der Waals surface area contributed by atoms with E-state index in [1.54, 1.807) is 12.2 Å². The van der Waals surface area contributed by atoms with Gasteiger partial charge in [-0.1, -0.05) is 42.5 Å². The van der Waals surface area contributed by atoms with Crippen molar-refractivity contribution in [2.24, 2.45) is 5.92 Å². The van der Waals surface area contributed by atoms with Crippen LogP contribution in [0.3, 0.4) is 0 Å². The molecule has 0 saturated carbocycles. The molecule has 2 aliphatic heterocycles. The first kappa shape index (κ1) is 23.1. The van der Waals surface area contributed by atoms with Crippen LogP contribution in [0, 0.1) is 5.92 Å². The number of carbonyl (C=O) groups excluding carboxylic acids is 2. The van der Waals surface area contributed by atoms with Crippen LogP contribution in [0.25, 0.3) is 0 Å². The van der Waals surface area contributed by atoms with Gasteiger partial charge in [0.15, 0.2) is 0 Å². The monoisotopic (exact) mass is 450 g/mol. The molecule has 2 N–H and O–H groups in total. The predicted octanol–water partition coefficient (Wildman–Crippen LogP) is 1.76. The van der Waals surface area contributed by atoms with Gasteiger partial charge >= 0.3 is 0 Å². The smallest absolute Gasteiger partial charge is 0.272 e. The van der Waals surface area contributed by atoms with Crippen molar-refractivity contribution in [3.8, 4) is 0 Å². The molecular weight excluding hydrogens is 420 g/mol. The molecule has 2 aliphatic rings. The molecule has 4 rings (SSSR count). The van der Waals surface area contributed by atoms with Gasteiger partial charge in [-0.3, -0.25) is 14.6 Å². The maximum Gasteiger partial charge on any atom is 0.272 e. The molecule has 33 heavy (non-hydrogen) atoms. The first-order chi connectivity index (χ1) is 16.1. The molecule has 1 fully saturated rings. The van der Waals surface area contributed by atoms with Gasteiger partial charge in [-0.05, 0) is 30.7 Å². The number of aromatic nitrogens is 2. The molecule has 1 aromatic heterocycles. The van der Waals surface area contributed by atoms with Gasteiger partial charge in [-0.25, -0.2) is 4.98 Å². The Morgan fingerprint density at radius 3 is 2.61 bits per heavy atom. The van der Waals surface area contributed by atoms with E-state index in [0.717, 1.165) is 32.4 Å². The van der Waals surface area contributed by atoms with Gasteiger partial charge in [-0.2, -0.15) is 0 Å². The number of rotatable bonds is 7. The van der Waals surface area contributed by atoms with Crippen molar-refractivity contribution in [3.63, 3.8) is 0 Å². The average Bonchev–Trinajstić information content (AvgIpc) is 2.86. The minimum absolute atomic E-state index is 0.0570. The van der Waals surface area contributed by atoms with E-state index in [-0.39, 0.29) is 24.6 Å². The number of carbonyl (C=O) groups is 2. The first-order valence-corrected chi connectivity index (χ1v) is 11.5. The normalized spacial score (nSPS) is 23.3. The van der Waals surface area contributed by atoms with Gasteiger partial charge in [0.1, 0.15) is 11.8 Å². The van der Waals surface area contributed by atoms with Crippen LogP contribution in [0.1, 0.15) is 35.3 Å². The minimum Gasteiger partial charge on any atom is -0.394 e. The molecule has 1 aromatic carbocycles. The third-order valence-electron chi connectivity index (χ3n) is 6.27. The lowest BCUT2D eigenvalue weighted by Crippen LogP contribution is -2.49. The number of aliphatic hydroxyl groups is 1. The Morgan fingerprint density at radius 1 is 1.12 bits per heavy atom. The van der Waals surface area contributed by atoms with E-state index in [9.17, 15) is 14.7 Å². The summed E-state index contributed by atoms with van der Waals surface area (Å²) in [5.41, 5.74) is 1.54. The highest BCUT2D eigenvalue weighted by molar-refractivity contribution is 5.92. The third-order valence-corrected chi connectivity index (χ3v) is 6.27. The Bertz CT molecular complexity index is 945. The van der Waals surface area contributed by atoms with E-state index in [1.165, 1.54) is 24.2 Å². The number of nitrogens with one attached hydrogen (secondary N) is 1. The minimum atomic E-state index is -0.634. The molecule has 8 heteroatoms. The second kappa shape index (κ2) is 11.2. The standard InChI is InChI=1S/C25H30N4O4/c30-17-23-21(28-25(32)22-16-26-10-11-27-22)7-6-20(33-23)15-24(31)29-12-8-19(9-13-29)14-18-4-2-1-3-5-18/h1-7,10-11,16,19-21,23,30H,8-9,12-15,17H2,(H,28,32)/t20-,21-,23+/m0/s1. The average molecular weight is 451 g/mol. The number of hydrogen-bond donors (Lipinski definition) is 2. The SMILES string of the molecule is O=C(N[C@H]1C=C[C@@H](CC(=O)N2CCC(Cc3ccccc3)CC2)O[C@@H]1CO)c1cnccn1. The molecule has 174 valence electrons. The number of benzene rings is 1. The maximum atomic E-state index is 12.8.